The second-order valence-electron chi connectivity index (χ2n) is 6.10. The summed E-state index contributed by atoms with van der Waals surface area (Å²) in [5, 5.41) is 11.5. The van der Waals surface area contributed by atoms with Gasteiger partial charge >= 0.3 is 0 Å². The molecule has 0 radical (unpaired) electrons. The van der Waals surface area contributed by atoms with Crippen molar-refractivity contribution in [3.05, 3.63) is 54.4 Å². The highest BCUT2D eigenvalue weighted by molar-refractivity contribution is 5.68. The van der Waals surface area contributed by atoms with Gasteiger partial charge in [-0.15, -0.1) is 10.2 Å². The highest BCUT2D eigenvalue weighted by atomic mass is 15.3. The Morgan fingerprint density at radius 2 is 2.08 bits per heavy atom. The maximum Gasteiger partial charge on any atom is 0.223 e. The van der Waals surface area contributed by atoms with Crippen LogP contribution in [0, 0.1) is 0 Å². The van der Waals surface area contributed by atoms with Crippen molar-refractivity contribution in [1.29, 1.82) is 0 Å². The molecule has 1 atom stereocenters. The lowest BCUT2D eigenvalue weighted by molar-refractivity contribution is 0.655. The van der Waals surface area contributed by atoms with Crippen molar-refractivity contribution in [2.45, 2.75) is 32.9 Å². The van der Waals surface area contributed by atoms with E-state index in [2.05, 4.69) is 56.6 Å². The van der Waals surface area contributed by atoms with Gasteiger partial charge in [-0.05, 0) is 26.0 Å². The zero-order valence-corrected chi connectivity index (χ0v) is 14.4. The normalized spacial score (nSPS) is 14.4. The Balaban J connectivity index is 1.54. The summed E-state index contributed by atoms with van der Waals surface area (Å²) in [6.45, 7) is 5.88. The Morgan fingerprint density at radius 3 is 2.88 bits per heavy atom. The van der Waals surface area contributed by atoms with Crippen molar-refractivity contribution in [2.24, 2.45) is 0 Å². The van der Waals surface area contributed by atoms with Crippen molar-refractivity contribution in [3.8, 4) is 0 Å². The van der Waals surface area contributed by atoms with E-state index < -0.39 is 0 Å². The first-order valence-corrected chi connectivity index (χ1v) is 8.59. The Labute approximate surface area is 146 Å². The minimum atomic E-state index is -0.00729. The van der Waals surface area contributed by atoms with Crippen LogP contribution in [0.3, 0.4) is 0 Å². The van der Waals surface area contributed by atoms with Crippen LogP contribution in [0.5, 0.6) is 0 Å². The number of nitrogens with one attached hydrogen (secondary N) is 1. The zero-order chi connectivity index (χ0) is 17.2. The monoisotopic (exact) mass is 335 g/mol. The van der Waals surface area contributed by atoms with Gasteiger partial charge in [0, 0.05) is 25.2 Å². The summed E-state index contributed by atoms with van der Waals surface area (Å²) in [4.78, 5) is 11.5. The van der Waals surface area contributed by atoms with Crippen molar-refractivity contribution < 1.29 is 0 Å². The zero-order valence-electron chi connectivity index (χ0n) is 14.4. The van der Waals surface area contributed by atoms with Gasteiger partial charge in [-0.25, -0.2) is 9.97 Å². The maximum atomic E-state index is 4.71. The average molecular weight is 335 g/mol. The molecule has 25 heavy (non-hydrogen) atoms. The minimum Gasteiger partial charge on any atom is -0.344 e. The van der Waals surface area contributed by atoms with Gasteiger partial charge in [0.15, 0.2) is 5.82 Å². The fourth-order valence-corrected chi connectivity index (χ4v) is 3.21. The molecule has 1 aliphatic heterocycles. The fourth-order valence-electron chi connectivity index (χ4n) is 3.21. The molecule has 1 aliphatic rings. The van der Waals surface area contributed by atoms with Crippen LogP contribution in [-0.4, -0.2) is 31.3 Å². The van der Waals surface area contributed by atoms with Gasteiger partial charge in [0.2, 0.25) is 5.95 Å². The van der Waals surface area contributed by atoms with Crippen molar-refractivity contribution >= 4 is 17.3 Å². The van der Waals surface area contributed by atoms with E-state index in [1.165, 1.54) is 5.69 Å². The predicted octanol–water partition coefficient (Wildman–Crippen LogP) is 2.96. The summed E-state index contributed by atoms with van der Waals surface area (Å²) in [5.74, 6) is 1.52. The molecule has 4 rings (SSSR count). The van der Waals surface area contributed by atoms with Crippen molar-refractivity contribution in [3.63, 3.8) is 0 Å². The molecule has 1 unspecified atom stereocenters. The maximum absolute atomic E-state index is 4.71. The molecule has 0 bridgehead atoms. The van der Waals surface area contributed by atoms with Gasteiger partial charge in [-0.2, -0.15) is 0 Å². The van der Waals surface area contributed by atoms with Crippen LogP contribution in [-0.2, 0) is 13.0 Å². The third-order valence-corrected chi connectivity index (χ3v) is 4.50. The fraction of sp³-hybridized carbons (Fsp3) is 0.333. The van der Waals surface area contributed by atoms with Gasteiger partial charge in [0.05, 0.1) is 23.6 Å². The molecular weight excluding hydrogens is 314 g/mol. The highest BCUT2D eigenvalue weighted by Crippen LogP contribution is 2.33. The van der Waals surface area contributed by atoms with Gasteiger partial charge in [0.25, 0.3) is 0 Å². The lowest BCUT2D eigenvalue weighted by Gasteiger charge is -2.19. The molecule has 1 aromatic carbocycles. The summed E-state index contributed by atoms with van der Waals surface area (Å²) >= 11 is 0. The number of anilines is 3. The Morgan fingerprint density at radius 1 is 1.24 bits per heavy atom. The van der Waals surface area contributed by atoms with E-state index in [0.29, 0.717) is 5.95 Å². The number of fused-ring (bicyclic) bond motifs is 1. The molecule has 0 spiro atoms. The molecule has 0 saturated heterocycles. The van der Waals surface area contributed by atoms with E-state index in [1.807, 2.05) is 23.8 Å². The molecule has 128 valence electrons. The van der Waals surface area contributed by atoms with Crippen molar-refractivity contribution in [1.82, 2.24) is 24.7 Å². The van der Waals surface area contributed by atoms with Crippen molar-refractivity contribution in [2.75, 3.05) is 16.8 Å². The standard InChI is InChI=1S/C18H21N7/c1-3-24-12-20-23-17(24)13(2)21-18-19-11-16-15(22-18)9-10-25(16)14-7-5-4-6-8-14/h4-8,11-13H,3,9-10H2,1-2H3,(H,19,21,22). The quantitative estimate of drug-likeness (QED) is 0.773. The Bertz CT molecular complexity index is 859. The number of hydrogen-bond acceptors (Lipinski definition) is 6. The molecule has 0 amide bonds. The van der Waals surface area contributed by atoms with Gasteiger partial charge in [-0.3, -0.25) is 0 Å². The lowest BCUT2D eigenvalue weighted by atomic mass is 10.3. The summed E-state index contributed by atoms with van der Waals surface area (Å²) in [7, 11) is 0. The molecule has 3 heterocycles. The first-order valence-electron chi connectivity index (χ1n) is 8.59. The molecule has 7 heteroatoms. The second-order valence-corrected chi connectivity index (χ2v) is 6.10. The van der Waals surface area contributed by atoms with Gasteiger partial charge in [0.1, 0.15) is 6.33 Å². The summed E-state index contributed by atoms with van der Waals surface area (Å²) in [6, 6.07) is 10.3. The number of aryl methyl sites for hydroxylation is 1. The molecule has 7 nitrogen and oxygen atoms in total. The van der Waals surface area contributed by atoms with Gasteiger partial charge in [-0.1, -0.05) is 18.2 Å². The van der Waals surface area contributed by atoms with Crippen LogP contribution >= 0.6 is 0 Å². The minimum absolute atomic E-state index is 0.00729. The SMILES string of the molecule is CCn1cnnc1C(C)Nc1ncc2c(n1)CCN2c1ccccc1. The van der Waals surface area contributed by atoms with Crippen LogP contribution in [0.1, 0.15) is 31.4 Å². The van der Waals surface area contributed by atoms with E-state index in [-0.39, 0.29) is 6.04 Å². The van der Waals surface area contributed by atoms with Crippen LogP contribution in [0.25, 0.3) is 0 Å². The van der Waals surface area contributed by atoms with Crippen LogP contribution < -0.4 is 10.2 Å². The van der Waals surface area contributed by atoms with Crippen LogP contribution in [0.15, 0.2) is 42.9 Å². The van der Waals surface area contributed by atoms with E-state index in [9.17, 15) is 0 Å². The third kappa shape index (κ3) is 2.93. The molecule has 2 aromatic heterocycles. The topological polar surface area (TPSA) is 71.8 Å². The molecule has 1 N–H and O–H groups in total. The van der Waals surface area contributed by atoms with Crippen LogP contribution in [0.4, 0.5) is 17.3 Å². The molecule has 0 fully saturated rings. The first-order chi connectivity index (χ1) is 12.3. The molecular formula is C18H21N7. The molecule has 0 aliphatic carbocycles. The van der Waals surface area contributed by atoms with Crippen LogP contribution in [0.2, 0.25) is 0 Å². The lowest BCUT2D eigenvalue weighted by Crippen LogP contribution is -2.15. The summed E-state index contributed by atoms with van der Waals surface area (Å²) in [6.07, 6.45) is 4.57. The largest absolute Gasteiger partial charge is 0.344 e. The first kappa shape index (κ1) is 15.6. The van der Waals surface area contributed by atoms with E-state index in [0.717, 1.165) is 36.7 Å². The summed E-state index contributed by atoms with van der Waals surface area (Å²) in [5.41, 5.74) is 3.33. The van der Waals surface area contributed by atoms with E-state index >= 15 is 0 Å². The second kappa shape index (κ2) is 6.51. The molecule has 3 aromatic rings. The van der Waals surface area contributed by atoms with E-state index in [1.54, 1.807) is 6.33 Å². The van der Waals surface area contributed by atoms with E-state index in [4.69, 9.17) is 4.98 Å². The smallest absolute Gasteiger partial charge is 0.223 e. The van der Waals surface area contributed by atoms with Gasteiger partial charge < -0.3 is 14.8 Å². The number of nitrogens with zero attached hydrogens (tertiary/aromatic N) is 6. The number of hydrogen-bond donors (Lipinski definition) is 1. The predicted molar refractivity (Wildman–Crippen MR) is 96.9 cm³/mol. The summed E-state index contributed by atoms with van der Waals surface area (Å²) < 4.78 is 2.02. The number of aromatic nitrogens is 5. The average Bonchev–Trinajstić information content (AvgIpc) is 3.28. The Kier molecular flexibility index (Phi) is 4.05. The number of rotatable bonds is 5. The molecule has 0 saturated carbocycles. The third-order valence-electron chi connectivity index (χ3n) is 4.50. The Hall–Kier alpha value is -2.96. The number of para-hydroxylation sites is 1. The number of benzene rings is 1. The highest BCUT2D eigenvalue weighted by Gasteiger charge is 2.23.